The molecule has 12 heteroatoms. The molecule has 0 spiro atoms. The minimum atomic E-state index is -4.98. The van der Waals surface area contributed by atoms with Gasteiger partial charge in [-0.1, -0.05) is 12.1 Å². The summed E-state index contributed by atoms with van der Waals surface area (Å²) in [6.07, 6.45) is -3.75. The average Bonchev–Trinajstić information content (AvgIpc) is 3.43. The Kier molecular flexibility index (Phi) is 6.50. The van der Waals surface area contributed by atoms with Crippen LogP contribution < -0.4 is 16.0 Å². The highest BCUT2D eigenvalue weighted by atomic mass is 32.1. The molecule has 2 aromatic carbocycles. The van der Waals surface area contributed by atoms with Crippen molar-refractivity contribution in [1.82, 2.24) is 5.32 Å². The Morgan fingerprint density at radius 3 is 2.31 bits per heavy atom. The first kappa shape index (κ1) is 24.6. The van der Waals surface area contributed by atoms with E-state index in [0.29, 0.717) is 36.1 Å². The topological polar surface area (TPSA) is 70.2 Å². The third-order valence-electron chi connectivity index (χ3n) is 5.19. The molecule has 1 aliphatic carbocycles. The van der Waals surface area contributed by atoms with E-state index in [9.17, 15) is 35.9 Å². The highest BCUT2D eigenvalue weighted by molar-refractivity contribution is 7.08. The predicted octanol–water partition coefficient (Wildman–Crippen LogP) is 6.59. The third kappa shape index (κ3) is 5.59. The van der Waals surface area contributed by atoms with E-state index < -0.39 is 41.0 Å². The number of nitrogens with one attached hydrogen (secondary N) is 3. The number of carbonyl (C=O) groups is 2. The van der Waals surface area contributed by atoms with E-state index in [1.54, 1.807) is 16.8 Å². The van der Waals surface area contributed by atoms with Gasteiger partial charge < -0.3 is 16.0 Å². The van der Waals surface area contributed by atoms with Crippen LogP contribution in [0.4, 0.5) is 42.5 Å². The molecule has 3 aromatic rings. The standard InChI is InChI=1S/C23H17F6N3O2S/c24-18-6-4-15(10-17(18)23(27,28)29)31-21(34)32-19-9-13(1-5-16(19)12-7-8-35-11-12)22(25,26)20(33)30-14-2-3-14/h1,4-11,14H,2-3H2,(H,30,33)(H2,31,32,34). The van der Waals surface area contributed by atoms with Gasteiger partial charge in [0.2, 0.25) is 0 Å². The molecule has 0 saturated heterocycles. The summed E-state index contributed by atoms with van der Waals surface area (Å²) in [7, 11) is 0. The predicted molar refractivity (Wildman–Crippen MR) is 119 cm³/mol. The molecule has 0 atom stereocenters. The molecule has 3 N–H and O–H groups in total. The van der Waals surface area contributed by atoms with Crippen molar-refractivity contribution in [2.75, 3.05) is 10.6 Å². The number of halogens is 6. The summed E-state index contributed by atoms with van der Waals surface area (Å²) < 4.78 is 82.0. The second-order valence-corrected chi connectivity index (χ2v) is 8.65. The van der Waals surface area contributed by atoms with Gasteiger partial charge in [0.05, 0.1) is 11.3 Å². The fraction of sp³-hybridized carbons (Fsp3) is 0.217. The SMILES string of the molecule is O=C(Nc1ccc(F)c(C(F)(F)F)c1)Nc1cc(C(F)(F)C(=O)NC2CC2)ccc1-c1ccsc1. The van der Waals surface area contributed by atoms with Gasteiger partial charge in [0.15, 0.2) is 0 Å². The van der Waals surface area contributed by atoms with Crippen molar-refractivity contribution < 1.29 is 35.9 Å². The van der Waals surface area contributed by atoms with Gasteiger partial charge in [-0.25, -0.2) is 9.18 Å². The summed E-state index contributed by atoms with van der Waals surface area (Å²) in [5, 5.41) is 10.1. The van der Waals surface area contributed by atoms with E-state index in [1.165, 1.54) is 17.4 Å². The zero-order valence-corrected chi connectivity index (χ0v) is 18.5. The molecule has 35 heavy (non-hydrogen) atoms. The number of amides is 3. The van der Waals surface area contributed by atoms with Gasteiger partial charge in [0.1, 0.15) is 5.82 Å². The second kappa shape index (κ2) is 9.25. The second-order valence-electron chi connectivity index (χ2n) is 7.87. The summed E-state index contributed by atoms with van der Waals surface area (Å²) in [6, 6.07) is 5.54. The van der Waals surface area contributed by atoms with Gasteiger partial charge in [0, 0.05) is 22.9 Å². The van der Waals surface area contributed by atoms with Crippen molar-refractivity contribution in [3.05, 3.63) is 70.2 Å². The van der Waals surface area contributed by atoms with Crippen LogP contribution in [0.15, 0.2) is 53.2 Å². The van der Waals surface area contributed by atoms with Crippen LogP contribution in [0.5, 0.6) is 0 Å². The van der Waals surface area contributed by atoms with Crippen LogP contribution in [0.1, 0.15) is 24.0 Å². The molecule has 0 unspecified atom stereocenters. The number of alkyl halides is 5. The van der Waals surface area contributed by atoms with Gasteiger partial charge in [-0.3, -0.25) is 4.79 Å². The average molecular weight is 513 g/mol. The molecule has 184 valence electrons. The van der Waals surface area contributed by atoms with E-state index in [4.69, 9.17) is 0 Å². The molecule has 1 saturated carbocycles. The van der Waals surface area contributed by atoms with Gasteiger partial charge in [-0.2, -0.15) is 33.3 Å². The first-order valence-corrected chi connectivity index (χ1v) is 11.2. The molecule has 0 radical (unpaired) electrons. The molecular formula is C23H17F6N3O2S. The van der Waals surface area contributed by atoms with Crippen LogP contribution >= 0.6 is 11.3 Å². The van der Waals surface area contributed by atoms with Crippen molar-refractivity contribution >= 4 is 34.6 Å². The lowest BCUT2D eigenvalue weighted by Crippen LogP contribution is -2.39. The summed E-state index contributed by atoms with van der Waals surface area (Å²) in [4.78, 5) is 24.6. The quantitative estimate of drug-likeness (QED) is 0.326. The van der Waals surface area contributed by atoms with Crippen molar-refractivity contribution in [2.45, 2.75) is 31.0 Å². The first-order valence-electron chi connectivity index (χ1n) is 10.3. The molecule has 1 aliphatic rings. The number of thiophene rings is 1. The monoisotopic (exact) mass is 513 g/mol. The van der Waals surface area contributed by atoms with Crippen LogP contribution in [-0.2, 0) is 16.9 Å². The third-order valence-corrected chi connectivity index (χ3v) is 5.87. The maximum absolute atomic E-state index is 14.8. The highest BCUT2D eigenvalue weighted by Gasteiger charge is 2.43. The Balaban J connectivity index is 1.61. The lowest BCUT2D eigenvalue weighted by atomic mass is 10.00. The Morgan fingerprint density at radius 2 is 1.69 bits per heavy atom. The van der Waals surface area contributed by atoms with Gasteiger partial charge in [-0.05, 0) is 59.5 Å². The van der Waals surface area contributed by atoms with Crippen LogP contribution in [0, 0.1) is 5.82 Å². The zero-order chi connectivity index (χ0) is 25.4. The van der Waals surface area contributed by atoms with Gasteiger partial charge in [-0.15, -0.1) is 0 Å². The van der Waals surface area contributed by atoms with Crippen LogP contribution in [0.2, 0.25) is 0 Å². The molecule has 1 heterocycles. The summed E-state index contributed by atoms with van der Waals surface area (Å²) >= 11 is 1.32. The van der Waals surface area contributed by atoms with Crippen molar-refractivity contribution in [1.29, 1.82) is 0 Å². The highest BCUT2D eigenvalue weighted by Crippen LogP contribution is 2.37. The van der Waals surface area contributed by atoms with E-state index in [0.717, 1.165) is 18.2 Å². The molecule has 4 rings (SSSR count). The number of hydrogen-bond donors (Lipinski definition) is 3. The lowest BCUT2D eigenvalue weighted by molar-refractivity contribution is -0.147. The maximum Gasteiger partial charge on any atom is 0.419 e. The van der Waals surface area contributed by atoms with Crippen molar-refractivity contribution in [3.8, 4) is 11.1 Å². The summed E-state index contributed by atoms with van der Waals surface area (Å²) in [6.45, 7) is 0. The Labute approximate surface area is 199 Å². The van der Waals surface area contributed by atoms with E-state index in [2.05, 4.69) is 16.0 Å². The largest absolute Gasteiger partial charge is 0.419 e. The Bertz CT molecular complexity index is 1260. The molecule has 1 aromatic heterocycles. The van der Waals surface area contributed by atoms with Crippen LogP contribution in [0.25, 0.3) is 11.1 Å². The van der Waals surface area contributed by atoms with E-state index in [1.807, 2.05) is 0 Å². The number of anilines is 2. The number of rotatable bonds is 6. The fourth-order valence-electron chi connectivity index (χ4n) is 3.25. The van der Waals surface area contributed by atoms with Gasteiger partial charge >= 0.3 is 18.1 Å². The summed E-state index contributed by atoms with van der Waals surface area (Å²) in [5.41, 5.74) is -1.78. The summed E-state index contributed by atoms with van der Waals surface area (Å²) in [5.74, 6) is -6.87. The molecular weight excluding hydrogens is 496 g/mol. The fourth-order valence-corrected chi connectivity index (χ4v) is 3.91. The van der Waals surface area contributed by atoms with E-state index in [-0.39, 0.29) is 17.4 Å². The van der Waals surface area contributed by atoms with E-state index >= 15 is 0 Å². The normalized spacial score (nSPS) is 13.9. The molecule has 5 nitrogen and oxygen atoms in total. The number of hydrogen-bond acceptors (Lipinski definition) is 3. The molecule has 3 amide bonds. The van der Waals surface area contributed by atoms with Crippen LogP contribution in [-0.4, -0.2) is 18.0 Å². The number of benzene rings is 2. The number of urea groups is 1. The van der Waals surface area contributed by atoms with Crippen molar-refractivity contribution in [3.63, 3.8) is 0 Å². The zero-order valence-electron chi connectivity index (χ0n) is 17.7. The lowest BCUT2D eigenvalue weighted by Gasteiger charge is -2.19. The molecule has 0 bridgehead atoms. The Morgan fingerprint density at radius 1 is 0.943 bits per heavy atom. The van der Waals surface area contributed by atoms with Crippen molar-refractivity contribution in [2.24, 2.45) is 0 Å². The first-order chi connectivity index (χ1) is 16.4. The smallest absolute Gasteiger partial charge is 0.348 e. The van der Waals surface area contributed by atoms with Crippen LogP contribution in [0.3, 0.4) is 0 Å². The number of carbonyl (C=O) groups excluding carboxylic acids is 2. The molecule has 1 fully saturated rings. The Hall–Kier alpha value is -3.54. The minimum absolute atomic E-state index is 0.101. The minimum Gasteiger partial charge on any atom is -0.348 e. The van der Waals surface area contributed by atoms with Gasteiger partial charge in [0.25, 0.3) is 5.91 Å². The maximum atomic E-state index is 14.8. The molecule has 0 aliphatic heterocycles.